The molecule has 0 heterocycles. The van der Waals surface area contributed by atoms with E-state index in [9.17, 15) is 0 Å². The Bertz CT molecular complexity index is 628. The number of halogens is 2. The van der Waals surface area contributed by atoms with Gasteiger partial charge >= 0.3 is 0 Å². The molecule has 0 saturated heterocycles. The highest BCUT2D eigenvalue weighted by molar-refractivity contribution is 7.99. The maximum Gasteiger partial charge on any atom is 0.0595 e. The van der Waals surface area contributed by atoms with Crippen molar-refractivity contribution in [2.75, 3.05) is 11.1 Å². The molecule has 0 saturated carbocycles. The second-order valence-electron chi connectivity index (χ2n) is 4.64. The Morgan fingerprint density at radius 3 is 2.67 bits per heavy atom. The molecule has 0 spiro atoms. The Morgan fingerprint density at radius 1 is 1.19 bits per heavy atom. The predicted octanol–water partition coefficient (Wildman–Crippen LogP) is 6.44. The van der Waals surface area contributed by atoms with Crippen LogP contribution < -0.4 is 5.32 Å². The summed E-state index contributed by atoms with van der Waals surface area (Å²) in [4.78, 5) is 1.21. The molecular weight excluding hydrogens is 321 g/mol. The molecule has 4 heteroatoms. The van der Waals surface area contributed by atoms with Gasteiger partial charge in [0, 0.05) is 22.4 Å². The molecule has 21 heavy (non-hydrogen) atoms. The van der Waals surface area contributed by atoms with E-state index in [0.717, 1.165) is 17.0 Å². The number of hydrogen-bond acceptors (Lipinski definition) is 2. The normalized spacial score (nSPS) is 12.0. The highest BCUT2D eigenvalue weighted by atomic mass is 35.5. The minimum atomic E-state index is 0.144. The highest BCUT2D eigenvalue weighted by Crippen LogP contribution is 2.31. The molecule has 0 amide bonds. The first-order chi connectivity index (χ1) is 10.1. The number of hydrogen-bond donors (Lipinski definition) is 1. The van der Waals surface area contributed by atoms with Crippen molar-refractivity contribution < 1.29 is 0 Å². The molecule has 0 fully saturated rings. The van der Waals surface area contributed by atoms with Crippen LogP contribution >= 0.6 is 35.0 Å². The lowest BCUT2D eigenvalue weighted by atomic mass is 10.1. The zero-order chi connectivity index (χ0) is 15.2. The summed E-state index contributed by atoms with van der Waals surface area (Å²) in [7, 11) is 0. The molecule has 0 aromatic heterocycles. The molecule has 1 unspecified atom stereocenters. The van der Waals surface area contributed by atoms with Crippen molar-refractivity contribution in [1.82, 2.24) is 0 Å². The molecule has 1 atom stereocenters. The summed E-state index contributed by atoms with van der Waals surface area (Å²) < 4.78 is 0. The number of rotatable bonds is 6. The van der Waals surface area contributed by atoms with Crippen LogP contribution in [-0.4, -0.2) is 5.75 Å². The van der Waals surface area contributed by atoms with Gasteiger partial charge in [-0.25, -0.2) is 0 Å². The van der Waals surface area contributed by atoms with Crippen molar-refractivity contribution in [2.24, 2.45) is 0 Å². The van der Waals surface area contributed by atoms with Crippen molar-refractivity contribution >= 4 is 40.7 Å². The molecule has 0 aliphatic rings. The van der Waals surface area contributed by atoms with Gasteiger partial charge in [-0.05, 0) is 36.8 Å². The van der Waals surface area contributed by atoms with Crippen LogP contribution in [0.1, 0.15) is 18.5 Å². The van der Waals surface area contributed by atoms with Crippen LogP contribution in [0.4, 0.5) is 5.69 Å². The standard InChI is InChI=1S/C17H17Cl2NS/c1-3-10-21-17-7-5-4-6-16(17)20-12(2)13-8-9-14(18)15(19)11-13/h3-9,11-12,20H,1,10H2,2H3. The van der Waals surface area contributed by atoms with Crippen molar-refractivity contribution in [3.05, 3.63) is 70.7 Å². The Kier molecular flexibility index (Phi) is 6.04. The zero-order valence-electron chi connectivity index (χ0n) is 11.8. The third kappa shape index (κ3) is 4.44. The van der Waals surface area contributed by atoms with Crippen LogP contribution in [0.5, 0.6) is 0 Å². The molecule has 1 nitrogen and oxygen atoms in total. The second kappa shape index (κ2) is 7.79. The van der Waals surface area contributed by atoms with Gasteiger partial charge in [-0.3, -0.25) is 0 Å². The van der Waals surface area contributed by atoms with Gasteiger partial charge in [-0.15, -0.1) is 18.3 Å². The summed E-state index contributed by atoms with van der Waals surface area (Å²) >= 11 is 13.8. The first-order valence-corrected chi connectivity index (χ1v) is 8.40. The summed E-state index contributed by atoms with van der Waals surface area (Å²) in [5.74, 6) is 0.889. The predicted molar refractivity (Wildman–Crippen MR) is 95.9 cm³/mol. The average Bonchev–Trinajstić information content (AvgIpc) is 2.49. The third-order valence-corrected chi connectivity index (χ3v) is 4.87. The Hall–Kier alpha value is -1.09. The molecule has 2 rings (SSSR count). The van der Waals surface area contributed by atoms with E-state index >= 15 is 0 Å². The fourth-order valence-corrected chi connectivity index (χ4v) is 3.02. The fraction of sp³-hybridized carbons (Fsp3) is 0.176. The van der Waals surface area contributed by atoms with Crippen LogP contribution in [0.2, 0.25) is 10.0 Å². The van der Waals surface area contributed by atoms with Crippen LogP contribution in [0, 0.1) is 0 Å². The maximum atomic E-state index is 6.09. The molecule has 0 bridgehead atoms. The number of para-hydroxylation sites is 1. The molecule has 1 N–H and O–H groups in total. The number of benzene rings is 2. The number of anilines is 1. The van der Waals surface area contributed by atoms with E-state index in [1.807, 2.05) is 36.4 Å². The number of nitrogens with one attached hydrogen (secondary N) is 1. The SMILES string of the molecule is C=CCSc1ccccc1NC(C)c1ccc(Cl)c(Cl)c1. The highest BCUT2D eigenvalue weighted by Gasteiger charge is 2.10. The van der Waals surface area contributed by atoms with Gasteiger partial charge in [0.1, 0.15) is 0 Å². The van der Waals surface area contributed by atoms with Crippen LogP contribution in [0.25, 0.3) is 0 Å². The van der Waals surface area contributed by atoms with Crippen molar-refractivity contribution in [3.8, 4) is 0 Å². The lowest BCUT2D eigenvalue weighted by Crippen LogP contribution is -2.07. The first kappa shape index (κ1) is 16.3. The minimum absolute atomic E-state index is 0.144. The molecule has 2 aromatic carbocycles. The van der Waals surface area contributed by atoms with Gasteiger partial charge < -0.3 is 5.32 Å². The van der Waals surface area contributed by atoms with E-state index in [-0.39, 0.29) is 6.04 Å². The largest absolute Gasteiger partial charge is 0.378 e. The second-order valence-corrected chi connectivity index (χ2v) is 6.51. The summed E-state index contributed by atoms with van der Waals surface area (Å²) in [6.45, 7) is 5.87. The molecule has 0 radical (unpaired) electrons. The monoisotopic (exact) mass is 337 g/mol. The fourth-order valence-electron chi connectivity index (χ4n) is 1.96. The quantitative estimate of drug-likeness (QED) is 0.480. The van der Waals surface area contributed by atoms with E-state index in [1.54, 1.807) is 11.8 Å². The van der Waals surface area contributed by atoms with Crippen molar-refractivity contribution in [1.29, 1.82) is 0 Å². The molecule has 110 valence electrons. The van der Waals surface area contributed by atoms with Crippen LogP contribution in [0.3, 0.4) is 0 Å². The summed E-state index contributed by atoms with van der Waals surface area (Å²) in [5.41, 5.74) is 2.22. The Morgan fingerprint density at radius 2 is 1.95 bits per heavy atom. The van der Waals surface area contributed by atoms with Crippen LogP contribution in [-0.2, 0) is 0 Å². The van der Waals surface area contributed by atoms with E-state index in [1.165, 1.54) is 4.90 Å². The van der Waals surface area contributed by atoms with E-state index < -0.39 is 0 Å². The molecule has 0 aliphatic heterocycles. The van der Waals surface area contributed by atoms with Gasteiger partial charge in [-0.1, -0.05) is 47.5 Å². The summed E-state index contributed by atoms with van der Waals surface area (Å²) in [6, 6.07) is 14.1. The summed E-state index contributed by atoms with van der Waals surface area (Å²) in [6.07, 6.45) is 1.91. The lowest BCUT2D eigenvalue weighted by Gasteiger charge is -2.18. The smallest absolute Gasteiger partial charge is 0.0595 e. The van der Waals surface area contributed by atoms with Gasteiger partial charge in [0.25, 0.3) is 0 Å². The topological polar surface area (TPSA) is 12.0 Å². The maximum absolute atomic E-state index is 6.09. The Balaban J connectivity index is 2.16. The van der Waals surface area contributed by atoms with Crippen LogP contribution in [0.15, 0.2) is 60.0 Å². The van der Waals surface area contributed by atoms with Gasteiger partial charge in [-0.2, -0.15) is 0 Å². The van der Waals surface area contributed by atoms with Crippen molar-refractivity contribution in [2.45, 2.75) is 17.9 Å². The van der Waals surface area contributed by atoms with Gasteiger partial charge in [0.05, 0.1) is 10.0 Å². The lowest BCUT2D eigenvalue weighted by molar-refractivity contribution is 0.879. The zero-order valence-corrected chi connectivity index (χ0v) is 14.1. The third-order valence-electron chi connectivity index (χ3n) is 3.06. The Labute approximate surface area is 140 Å². The van der Waals surface area contributed by atoms with E-state index in [0.29, 0.717) is 10.0 Å². The molecule has 2 aromatic rings. The van der Waals surface area contributed by atoms with Crippen molar-refractivity contribution in [3.63, 3.8) is 0 Å². The summed E-state index contributed by atoms with van der Waals surface area (Å²) in [5, 5.41) is 4.68. The number of thioether (sulfide) groups is 1. The first-order valence-electron chi connectivity index (χ1n) is 6.66. The van der Waals surface area contributed by atoms with E-state index in [2.05, 4.69) is 31.0 Å². The van der Waals surface area contributed by atoms with Gasteiger partial charge in [0.2, 0.25) is 0 Å². The van der Waals surface area contributed by atoms with Gasteiger partial charge in [0.15, 0.2) is 0 Å². The molecule has 0 aliphatic carbocycles. The average molecular weight is 338 g/mol. The molecular formula is C17H17Cl2NS. The minimum Gasteiger partial charge on any atom is -0.378 e. The van der Waals surface area contributed by atoms with E-state index in [4.69, 9.17) is 23.2 Å².